The first kappa shape index (κ1) is 16.0. The Kier molecular flexibility index (Phi) is 5.13. The zero-order valence-electron chi connectivity index (χ0n) is 12.2. The molecular formula is C15H20O5. The van der Waals surface area contributed by atoms with Gasteiger partial charge >= 0.3 is 5.97 Å². The minimum absolute atomic E-state index is 0.0645. The first-order valence-electron chi connectivity index (χ1n) is 6.26. The predicted molar refractivity (Wildman–Crippen MR) is 74.5 cm³/mol. The van der Waals surface area contributed by atoms with E-state index >= 15 is 0 Å². The Morgan fingerprint density at radius 1 is 1.15 bits per heavy atom. The van der Waals surface area contributed by atoms with Crippen molar-refractivity contribution in [2.45, 2.75) is 26.7 Å². The molecule has 5 heteroatoms. The fraction of sp³-hybridized carbons (Fsp3) is 0.467. The number of aliphatic carboxylic acids is 1. The van der Waals surface area contributed by atoms with Crippen molar-refractivity contribution in [3.05, 3.63) is 23.8 Å². The highest BCUT2D eigenvalue weighted by Gasteiger charge is 2.27. The van der Waals surface area contributed by atoms with Gasteiger partial charge in [-0.3, -0.25) is 9.59 Å². The van der Waals surface area contributed by atoms with E-state index in [2.05, 4.69) is 0 Å². The lowest BCUT2D eigenvalue weighted by atomic mass is 9.82. The van der Waals surface area contributed by atoms with Crippen LogP contribution < -0.4 is 9.47 Å². The number of ether oxygens (including phenoxy) is 2. The smallest absolute Gasteiger partial charge is 0.303 e. The number of hydrogen-bond donors (Lipinski definition) is 1. The summed E-state index contributed by atoms with van der Waals surface area (Å²) in [5.74, 6) is -0.0560. The quantitative estimate of drug-likeness (QED) is 0.777. The van der Waals surface area contributed by atoms with E-state index in [1.807, 2.05) is 0 Å². The molecule has 0 aromatic heterocycles. The van der Waals surface area contributed by atoms with Crippen molar-refractivity contribution in [2.24, 2.45) is 5.41 Å². The second-order valence-electron chi connectivity index (χ2n) is 5.40. The lowest BCUT2D eigenvalue weighted by Gasteiger charge is -2.21. The van der Waals surface area contributed by atoms with Crippen LogP contribution in [0.1, 0.15) is 37.0 Å². The summed E-state index contributed by atoms with van der Waals surface area (Å²) < 4.78 is 10.3. The molecule has 0 amide bonds. The topological polar surface area (TPSA) is 72.8 Å². The van der Waals surface area contributed by atoms with Gasteiger partial charge in [-0.25, -0.2) is 0 Å². The van der Waals surface area contributed by atoms with E-state index in [1.54, 1.807) is 32.0 Å². The van der Waals surface area contributed by atoms with Crippen LogP contribution in [-0.2, 0) is 4.79 Å². The van der Waals surface area contributed by atoms with Gasteiger partial charge in [-0.2, -0.15) is 0 Å². The van der Waals surface area contributed by atoms with Crippen LogP contribution >= 0.6 is 0 Å². The average molecular weight is 280 g/mol. The van der Waals surface area contributed by atoms with Crippen LogP contribution in [0.3, 0.4) is 0 Å². The first-order valence-corrected chi connectivity index (χ1v) is 6.26. The van der Waals surface area contributed by atoms with Gasteiger partial charge in [0.05, 0.1) is 26.2 Å². The molecule has 1 aromatic rings. The summed E-state index contributed by atoms with van der Waals surface area (Å²) in [6, 6.07) is 4.98. The van der Waals surface area contributed by atoms with E-state index < -0.39 is 11.4 Å². The predicted octanol–water partition coefficient (Wildman–Crippen LogP) is 2.78. The lowest BCUT2D eigenvalue weighted by Crippen LogP contribution is -2.21. The van der Waals surface area contributed by atoms with Crippen molar-refractivity contribution in [3.63, 3.8) is 0 Å². The van der Waals surface area contributed by atoms with Gasteiger partial charge in [-0.15, -0.1) is 0 Å². The Morgan fingerprint density at radius 3 is 2.30 bits per heavy atom. The number of ketones is 1. The second-order valence-corrected chi connectivity index (χ2v) is 5.40. The minimum Gasteiger partial charge on any atom is -0.497 e. The number of hydrogen-bond acceptors (Lipinski definition) is 4. The number of carbonyl (C=O) groups is 2. The maximum atomic E-state index is 12.4. The third-order valence-corrected chi connectivity index (χ3v) is 2.98. The van der Waals surface area contributed by atoms with Gasteiger partial charge in [0.15, 0.2) is 5.78 Å². The van der Waals surface area contributed by atoms with Crippen LogP contribution in [0.25, 0.3) is 0 Å². The zero-order valence-corrected chi connectivity index (χ0v) is 12.2. The fourth-order valence-electron chi connectivity index (χ4n) is 2.03. The Bertz CT molecular complexity index is 505. The summed E-state index contributed by atoms with van der Waals surface area (Å²) in [6.45, 7) is 3.51. The molecule has 20 heavy (non-hydrogen) atoms. The molecule has 0 aliphatic carbocycles. The van der Waals surface area contributed by atoms with Gasteiger partial charge < -0.3 is 14.6 Å². The standard InChI is InChI=1S/C15H20O5/c1-15(2,9-14(17)18)8-12(16)11-7-10(19-3)5-6-13(11)20-4/h5-7H,8-9H2,1-4H3,(H,17,18). The molecule has 1 aromatic carbocycles. The molecule has 110 valence electrons. The molecule has 5 nitrogen and oxygen atoms in total. The van der Waals surface area contributed by atoms with Gasteiger partial charge in [0, 0.05) is 6.42 Å². The number of benzene rings is 1. The molecule has 0 radical (unpaired) electrons. The Morgan fingerprint density at radius 2 is 1.80 bits per heavy atom. The fourth-order valence-corrected chi connectivity index (χ4v) is 2.03. The summed E-state index contributed by atoms with van der Waals surface area (Å²) in [5.41, 5.74) is -0.206. The van der Waals surface area contributed by atoms with Gasteiger partial charge in [-0.05, 0) is 23.6 Å². The maximum Gasteiger partial charge on any atom is 0.303 e. The highest BCUT2D eigenvalue weighted by atomic mass is 16.5. The van der Waals surface area contributed by atoms with E-state index in [4.69, 9.17) is 14.6 Å². The lowest BCUT2D eigenvalue weighted by molar-refractivity contribution is -0.139. The molecule has 0 aliphatic heterocycles. The number of methoxy groups -OCH3 is 2. The molecule has 1 rings (SSSR count). The highest BCUT2D eigenvalue weighted by Crippen LogP contribution is 2.31. The van der Waals surface area contributed by atoms with Crippen LogP contribution in [0.5, 0.6) is 11.5 Å². The van der Waals surface area contributed by atoms with Crippen LogP contribution in [0.2, 0.25) is 0 Å². The van der Waals surface area contributed by atoms with Crippen molar-refractivity contribution < 1.29 is 24.2 Å². The number of carboxylic acid groups (broad SMARTS) is 1. The highest BCUT2D eigenvalue weighted by molar-refractivity contribution is 5.99. The number of carboxylic acids is 1. The molecule has 0 unspecified atom stereocenters. The molecule has 0 saturated heterocycles. The number of Topliss-reactive ketones (excluding diaryl/α,β-unsaturated/α-hetero) is 1. The monoisotopic (exact) mass is 280 g/mol. The summed E-state index contributed by atoms with van der Waals surface area (Å²) in [4.78, 5) is 23.2. The molecule has 0 fully saturated rings. The van der Waals surface area contributed by atoms with E-state index in [0.29, 0.717) is 17.1 Å². The molecule has 0 bridgehead atoms. The molecule has 0 saturated carbocycles. The summed E-state index contributed by atoms with van der Waals surface area (Å²) in [7, 11) is 3.01. The van der Waals surface area contributed by atoms with E-state index in [0.717, 1.165) is 0 Å². The largest absolute Gasteiger partial charge is 0.497 e. The molecule has 1 N–H and O–H groups in total. The third-order valence-electron chi connectivity index (χ3n) is 2.98. The second kappa shape index (κ2) is 6.41. The van der Waals surface area contributed by atoms with E-state index in [9.17, 15) is 9.59 Å². The van der Waals surface area contributed by atoms with E-state index in [-0.39, 0.29) is 18.6 Å². The summed E-state index contributed by atoms with van der Waals surface area (Å²) >= 11 is 0. The molecule has 0 aliphatic rings. The van der Waals surface area contributed by atoms with Crippen molar-refractivity contribution >= 4 is 11.8 Å². The van der Waals surface area contributed by atoms with Gasteiger partial charge in [0.1, 0.15) is 11.5 Å². The molecule has 0 atom stereocenters. The number of rotatable bonds is 7. The SMILES string of the molecule is COc1ccc(OC)c(C(=O)CC(C)(C)CC(=O)O)c1. The van der Waals surface area contributed by atoms with Gasteiger partial charge in [-0.1, -0.05) is 13.8 Å². The van der Waals surface area contributed by atoms with Crippen LogP contribution in [-0.4, -0.2) is 31.1 Å². The Hall–Kier alpha value is -2.04. The van der Waals surface area contributed by atoms with Crippen LogP contribution in [0.4, 0.5) is 0 Å². The van der Waals surface area contributed by atoms with Crippen LogP contribution in [0, 0.1) is 5.41 Å². The molecule has 0 spiro atoms. The van der Waals surface area contributed by atoms with Gasteiger partial charge in [0.25, 0.3) is 0 Å². The minimum atomic E-state index is -0.916. The normalized spacial score (nSPS) is 11.0. The maximum absolute atomic E-state index is 12.4. The summed E-state index contributed by atoms with van der Waals surface area (Å²) in [6.07, 6.45) is 0.0633. The van der Waals surface area contributed by atoms with Crippen LogP contribution in [0.15, 0.2) is 18.2 Å². The van der Waals surface area contributed by atoms with Crippen molar-refractivity contribution in [2.75, 3.05) is 14.2 Å². The first-order chi connectivity index (χ1) is 9.29. The molecule has 0 heterocycles. The zero-order chi connectivity index (χ0) is 15.3. The van der Waals surface area contributed by atoms with Crippen molar-refractivity contribution in [3.8, 4) is 11.5 Å². The Balaban J connectivity index is 2.99. The third kappa shape index (κ3) is 4.26. The Labute approximate surface area is 118 Å². The van der Waals surface area contributed by atoms with E-state index in [1.165, 1.54) is 14.2 Å². The van der Waals surface area contributed by atoms with Crippen molar-refractivity contribution in [1.82, 2.24) is 0 Å². The molecular weight excluding hydrogens is 260 g/mol. The van der Waals surface area contributed by atoms with Crippen molar-refractivity contribution in [1.29, 1.82) is 0 Å². The average Bonchev–Trinajstić information content (AvgIpc) is 2.35. The number of carbonyl (C=O) groups excluding carboxylic acids is 1. The van der Waals surface area contributed by atoms with Gasteiger partial charge in [0.2, 0.25) is 0 Å². The summed E-state index contributed by atoms with van der Waals surface area (Å²) in [5, 5.41) is 8.86.